The number of anilines is 2. The van der Waals surface area contributed by atoms with Gasteiger partial charge in [0.15, 0.2) is 0 Å². The van der Waals surface area contributed by atoms with E-state index >= 15 is 0 Å². The van der Waals surface area contributed by atoms with Gasteiger partial charge in [0, 0.05) is 10.7 Å². The molecular weight excluding hydrogens is 488 g/mol. The van der Waals surface area contributed by atoms with Crippen molar-refractivity contribution in [1.29, 1.82) is 0 Å². The fraction of sp³-hybridized carbons (Fsp3) is 0.231. The van der Waals surface area contributed by atoms with Crippen molar-refractivity contribution in [2.24, 2.45) is 0 Å². The number of carbonyl (C=O) groups excluding carboxylic acids is 2. The highest BCUT2D eigenvalue weighted by Crippen LogP contribution is 2.27. The third-order valence-electron chi connectivity index (χ3n) is 5.48. The van der Waals surface area contributed by atoms with Crippen LogP contribution in [0.5, 0.6) is 0 Å². The maximum atomic E-state index is 13.5. The highest BCUT2D eigenvalue weighted by atomic mass is 35.5. The van der Waals surface area contributed by atoms with Crippen LogP contribution in [0.25, 0.3) is 0 Å². The average Bonchev–Trinajstić information content (AvgIpc) is 2.81. The summed E-state index contributed by atoms with van der Waals surface area (Å²) in [5.74, 6) is -0.990. The van der Waals surface area contributed by atoms with Crippen molar-refractivity contribution >= 4 is 44.9 Å². The van der Waals surface area contributed by atoms with Gasteiger partial charge >= 0.3 is 5.97 Å². The van der Waals surface area contributed by atoms with Crippen LogP contribution in [-0.2, 0) is 19.6 Å². The zero-order valence-corrected chi connectivity index (χ0v) is 21.5. The van der Waals surface area contributed by atoms with E-state index < -0.39 is 28.4 Å². The van der Waals surface area contributed by atoms with Crippen LogP contribution in [0.1, 0.15) is 34.0 Å². The molecule has 0 bridgehead atoms. The molecule has 0 heterocycles. The summed E-state index contributed by atoms with van der Waals surface area (Å²) in [5, 5.41) is 3.15. The monoisotopic (exact) mass is 514 g/mol. The van der Waals surface area contributed by atoms with Crippen LogP contribution in [0.4, 0.5) is 11.4 Å². The lowest BCUT2D eigenvalue weighted by atomic mass is 10.1. The van der Waals surface area contributed by atoms with E-state index in [1.807, 2.05) is 19.9 Å². The predicted molar refractivity (Wildman–Crippen MR) is 138 cm³/mol. The first kappa shape index (κ1) is 26.2. The Bertz CT molecular complexity index is 1350. The Morgan fingerprint density at radius 1 is 0.914 bits per heavy atom. The van der Waals surface area contributed by atoms with E-state index in [1.165, 1.54) is 24.3 Å². The Morgan fingerprint density at radius 2 is 1.60 bits per heavy atom. The van der Waals surface area contributed by atoms with Gasteiger partial charge in [0.1, 0.15) is 6.54 Å². The molecule has 9 heteroatoms. The smallest absolute Gasteiger partial charge is 0.338 e. The van der Waals surface area contributed by atoms with Crippen molar-refractivity contribution in [3.05, 3.63) is 87.9 Å². The number of nitrogens with one attached hydrogen (secondary N) is 1. The van der Waals surface area contributed by atoms with E-state index in [0.29, 0.717) is 27.5 Å². The number of hydrogen-bond donors (Lipinski definition) is 1. The Morgan fingerprint density at radius 3 is 2.20 bits per heavy atom. The van der Waals surface area contributed by atoms with E-state index in [9.17, 15) is 18.0 Å². The molecular formula is C26H27ClN2O5S. The molecule has 3 aromatic rings. The van der Waals surface area contributed by atoms with Crippen LogP contribution in [0.15, 0.2) is 65.6 Å². The van der Waals surface area contributed by atoms with E-state index in [1.54, 1.807) is 44.2 Å². The number of rotatable bonds is 8. The standard InChI is InChI=1S/C26H27ClN2O5S/c1-5-34-26(31)20-7-13-24(19(4)14-20)28-25(30)16-29(22-10-6-17(2)18(3)15-22)35(32,33)23-11-8-21(27)9-12-23/h6-15H,5,16H2,1-4H3,(H,28,30). The molecule has 0 aliphatic rings. The summed E-state index contributed by atoms with van der Waals surface area (Å²) in [6, 6.07) is 15.7. The van der Waals surface area contributed by atoms with E-state index in [0.717, 1.165) is 15.4 Å². The first-order chi connectivity index (χ1) is 16.5. The Labute approximate surface area is 210 Å². The molecule has 0 radical (unpaired) electrons. The fourth-order valence-electron chi connectivity index (χ4n) is 3.40. The number of sulfonamides is 1. The van der Waals surface area contributed by atoms with E-state index in [-0.39, 0.29) is 11.5 Å². The molecule has 0 unspecified atom stereocenters. The Kier molecular flexibility index (Phi) is 8.19. The highest BCUT2D eigenvalue weighted by molar-refractivity contribution is 7.92. The fourth-order valence-corrected chi connectivity index (χ4v) is 4.93. The number of benzene rings is 3. The van der Waals surface area contributed by atoms with Crippen molar-refractivity contribution in [1.82, 2.24) is 0 Å². The van der Waals surface area contributed by atoms with Gasteiger partial charge in [-0.05, 0) is 99.0 Å². The van der Waals surface area contributed by atoms with Crippen LogP contribution in [0, 0.1) is 20.8 Å². The molecule has 0 aliphatic heterocycles. The van der Waals surface area contributed by atoms with Gasteiger partial charge in [-0.1, -0.05) is 17.7 Å². The molecule has 0 aliphatic carbocycles. The number of carbonyl (C=O) groups is 2. The lowest BCUT2D eigenvalue weighted by Gasteiger charge is -2.25. The molecule has 7 nitrogen and oxygen atoms in total. The van der Waals surface area contributed by atoms with Crippen LogP contribution in [0.2, 0.25) is 5.02 Å². The van der Waals surface area contributed by atoms with Gasteiger partial charge in [-0.15, -0.1) is 0 Å². The minimum atomic E-state index is -4.07. The number of amides is 1. The molecule has 35 heavy (non-hydrogen) atoms. The van der Waals surface area contributed by atoms with Gasteiger partial charge in [0.25, 0.3) is 10.0 Å². The predicted octanol–water partition coefficient (Wildman–Crippen LogP) is 5.28. The van der Waals surface area contributed by atoms with Crippen molar-refractivity contribution in [2.45, 2.75) is 32.6 Å². The van der Waals surface area contributed by atoms with Gasteiger partial charge in [0.2, 0.25) is 5.91 Å². The topological polar surface area (TPSA) is 92.8 Å². The Hall–Kier alpha value is -3.36. The maximum absolute atomic E-state index is 13.5. The first-order valence-corrected chi connectivity index (χ1v) is 12.8. The number of nitrogens with zero attached hydrogens (tertiary/aromatic N) is 1. The van der Waals surface area contributed by atoms with Gasteiger partial charge in [-0.25, -0.2) is 13.2 Å². The summed E-state index contributed by atoms with van der Waals surface area (Å²) < 4.78 is 33.1. The minimum Gasteiger partial charge on any atom is -0.462 e. The van der Waals surface area contributed by atoms with Gasteiger partial charge in [0.05, 0.1) is 22.8 Å². The third-order valence-corrected chi connectivity index (χ3v) is 7.52. The van der Waals surface area contributed by atoms with Gasteiger partial charge in [-0.2, -0.15) is 0 Å². The van der Waals surface area contributed by atoms with Crippen molar-refractivity contribution < 1.29 is 22.7 Å². The summed E-state index contributed by atoms with van der Waals surface area (Å²) in [6.07, 6.45) is 0. The second-order valence-electron chi connectivity index (χ2n) is 8.03. The van der Waals surface area contributed by atoms with Gasteiger partial charge < -0.3 is 10.1 Å². The van der Waals surface area contributed by atoms with Crippen LogP contribution < -0.4 is 9.62 Å². The van der Waals surface area contributed by atoms with Crippen LogP contribution >= 0.6 is 11.6 Å². The summed E-state index contributed by atoms with van der Waals surface area (Å²) in [5.41, 5.74) is 3.73. The summed E-state index contributed by atoms with van der Waals surface area (Å²) in [7, 11) is -4.07. The number of esters is 1. The molecule has 0 fully saturated rings. The molecule has 3 rings (SSSR count). The van der Waals surface area contributed by atoms with Crippen molar-refractivity contribution in [2.75, 3.05) is 22.8 Å². The first-order valence-electron chi connectivity index (χ1n) is 11.0. The lowest BCUT2D eigenvalue weighted by Crippen LogP contribution is -2.38. The van der Waals surface area contributed by atoms with E-state index in [2.05, 4.69) is 5.32 Å². The third kappa shape index (κ3) is 6.21. The minimum absolute atomic E-state index is 0.0166. The largest absolute Gasteiger partial charge is 0.462 e. The highest BCUT2D eigenvalue weighted by Gasteiger charge is 2.28. The molecule has 0 spiro atoms. The Balaban J connectivity index is 1.92. The quantitative estimate of drug-likeness (QED) is 0.413. The summed E-state index contributed by atoms with van der Waals surface area (Å²) in [4.78, 5) is 25.0. The maximum Gasteiger partial charge on any atom is 0.338 e. The van der Waals surface area contributed by atoms with Crippen molar-refractivity contribution in [3.63, 3.8) is 0 Å². The van der Waals surface area contributed by atoms with E-state index in [4.69, 9.17) is 16.3 Å². The second kappa shape index (κ2) is 10.9. The number of ether oxygens (including phenoxy) is 1. The number of aryl methyl sites for hydroxylation is 3. The van der Waals surface area contributed by atoms with Crippen LogP contribution in [0.3, 0.4) is 0 Å². The van der Waals surface area contributed by atoms with Crippen molar-refractivity contribution in [3.8, 4) is 0 Å². The molecule has 3 aromatic carbocycles. The molecule has 0 aromatic heterocycles. The number of hydrogen-bond acceptors (Lipinski definition) is 5. The molecule has 184 valence electrons. The average molecular weight is 515 g/mol. The lowest BCUT2D eigenvalue weighted by molar-refractivity contribution is -0.114. The molecule has 0 saturated carbocycles. The summed E-state index contributed by atoms with van der Waals surface area (Å²) >= 11 is 5.93. The SMILES string of the molecule is CCOC(=O)c1ccc(NC(=O)CN(c2ccc(C)c(C)c2)S(=O)(=O)c2ccc(Cl)cc2)c(C)c1. The molecule has 0 atom stereocenters. The zero-order valence-electron chi connectivity index (χ0n) is 20.0. The summed E-state index contributed by atoms with van der Waals surface area (Å²) in [6.45, 7) is 7.06. The number of halogens is 1. The van der Waals surface area contributed by atoms with Crippen LogP contribution in [-0.4, -0.2) is 33.4 Å². The normalized spacial score (nSPS) is 11.1. The molecule has 0 saturated heterocycles. The second-order valence-corrected chi connectivity index (χ2v) is 10.3. The van der Waals surface area contributed by atoms with Gasteiger partial charge in [-0.3, -0.25) is 9.10 Å². The molecule has 1 amide bonds. The zero-order chi connectivity index (χ0) is 25.8. The molecule has 1 N–H and O–H groups in total.